The van der Waals surface area contributed by atoms with Gasteiger partial charge in [0.2, 0.25) is 0 Å². The molecule has 13 aromatic rings. The number of rotatable bonds is 10. The molecule has 0 unspecified atom stereocenters. The zero-order valence-corrected chi connectivity index (χ0v) is 41.9. The lowest BCUT2D eigenvalue weighted by molar-refractivity contribution is 1.13. The van der Waals surface area contributed by atoms with E-state index in [4.69, 9.17) is 4.98 Å². The minimum absolute atomic E-state index is 1.01. The van der Waals surface area contributed by atoms with Gasteiger partial charge in [-0.05, 0) is 154 Å². The fourth-order valence-corrected chi connectivity index (χ4v) is 10.9. The smallest absolute Gasteiger partial charge is 0.0541 e. The molecule has 0 fully saturated rings. The van der Waals surface area contributed by atoms with Crippen molar-refractivity contribution < 1.29 is 0 Å². The monoisotopic (exact) mass is 951 g/mol. The largest absolute Gasteiger partial charge is 0.310 e. The van der Waals surface area contributed by atoms with Gasteiger partial charge in [0.05, 0.1) is 22.1 Å². The van der Waals surface area contributed by atoms with Crippen LogP contribution in [0.15, 0.2) is 249 Å². The van der Waals surface area contributed by atoms with E-state index in [1.807, 2.05) is 12.4 Å². The van der Waals surface area contributed by atoms with Crippen molar-refractivity contribution in [3.05, 3.63) is 271 Å². The maximum absolute atomic E-state index is 5.10. The molecule has 0 bridgehead atoms. The van der Waals surface area contributed by atoms with Crippen molar-refractivity contribution in [2.75, 3.05) is 9.80 Å². The number of nitrogens with zero attached hydrogens (tertiary/aromatic N) is 5. The van der Waals surface area contributed by atoms with Crippen LogP contribution in [0.3, 0.4) is 0 Å². The predicted octanol–water partition coefficient (Wildman–Crippen LogP) is 18.8. The molecule has 74 heavy (non-hydrogen) atoms. The summed E-state index contributed by atoms with van der Waals surface area (Å²) < 4.78 is 4.85. The molecule has 13 rings (SSSR count). The molecule has 5 heteroatoms. The van der Waals surface area contributed by atoms with Crippen molar-refractivity contribution in [3.63, 3.8) is 0 Å². The molecular weight excluding hydrogens is 899 g/mol. The molecular formula is C69H53N5. The fourth-order valence-electron chi connectivity index (χ4n) is 10.9. The summed E-state index contributed by atoms with van der Waals surface area (Å²) in [7, 11) is 0. The Labute approximate surface area is 432 Å². The van der Waals surface area contributed by atoms with E-state index in [0.29, 0.717) is 0 Å². The van der Waals surface area contributed by atoms with Crippen LogP contribution in [0.5, 0.6) is 0 Å². The number of anilines is 6. The Morgan fingerprint density at radius 3 is 0.892 bits per heavy atom. The third-order valence-electron chi connectivity index (χ3n) is 14.6. The normalized spacial score (nSPS) is 11.5. The third-order valence-corrected chi connectivity index (χ3v) is 14.6. The highest BCUT2D eigenvalue weighted by molar-refractivity contribution is 6.11. The number of aromatic nitrogens is 3. The van der Waals surface area contributed by atoms with Gasteiger partial charge in [0, 0.05) is 90.6 Å². The maximum atomic E-state index is 5.10. The van der Waals surface area contributed by atoms with E-state index in [1.165, 1.54) is 43.8 Å². The van der Waals surface area contributed by atoms with Crippen LogP contribution in [0.2, 0.25) is 0 Å². The van der Waals surface area contributed by atoms with Gasteiger partial charge >= 0.3 is 0 Å². The number of hydrogen-bond acceptors (Lipinski definition) is 3. The molecule has 0 amide bonds. The van der Waals surface area contributed by atoms with Crippen LogP contribution in [-0.2, 0) is 0 Å². The van der Waals surface area contributed by atoms with Gasteiger partial charge in [0.25, 0.3) is 0 Å². The second-order valence-electron chi connectivity index (χ2n) is 19.7. The molecule has 0 spiro atoms. The maximum Gasteiger partial charge on any atom is 0.0541 e. The summed E-state index contributed by atoms with van der Waals surface area (Å²) in [6.07, 6.45) is 4.03. The molecule has 10 aromatic carbocycles. The van der Waals surface area contributed by atoms with E-state index in [9.17, 15) is 0 Å². The summed E-state index contributed by atoms with van der Waals surface area (Å²) in [5.74, 6) is 0. The number of para-hydroxylation sites is 4. The highest BCUT2D eigenvalue weighted by atomic mass is 15.2. The van der Waals surface area contributed by atoms with E-state index in [-0.39, 0.29) is 0 Å². The van der Waals surface area contributed by atoms with E-state index in [1.54, 1.807) is 0 Å². The minimum atomic E-state index is 1.01. The molecule has 0 saturated heterocycles. The number of fused-ring (bicyclic) bond motifs is 6. The summed E-state index contributed by atoms with van der Waals surface area (Å²) in [6.45, 7) is 8.57. The minimum Gasteiger partial charge on any atom is -0.310 e. The van der Waals surface area contributed by atoms with Gasteiger partial charge in [0.1, 0.15) is 0 Å². The summed E-state index contributed by atoms with van der Waals surface area (Å²) in [5.41, 5.74) is 22.1. The van der Waals surface area contributed by atoms with Gasteiger partial charge < -0.3 is 18.9 Å². The highest BCUT2D eigenvalue weighted by Gasteiger charge is 2.22. The Bertz CT molecular complexity index is 3780. The van der Waals surface area contributed by atoms with Crippen molar-refractivity contribution in [3.8, 4) is 33.6 Å². The lowest BCUT2D eigenvalue weighted by atomic mass is 9.99. The van der Waals surface area contributed by atoms with E-state index >= 15 is 0 Å². The van der Waals surface area contributed by atoms with Crippen molar-refractivity contribution in [2.24, 2.45) is 0 Å². The van der Waals surface area contributed by atoms with Crippen molar-refractivity contribution in [1.82, 2.24) is 14.1 Å². The average Bonchev–Trinajstić information content (AvgIpc) is 3.97. The standard InChI is InChI=1S/C69H53N5/c1-46-21-29-54(30-22-46)71(55-31-23-47(2)24-32-55)58-38-50(39-59(42-58)72(56-33-25-48(3)26-34-56)57-35-27-49(4)28-36-57)52-37-53(45-70-44-52)51-40-60(73-66-17-9-5-13-62(66)63-14-6-10-18-67(63)73)43-61(41-51)74-68-19-11-7-15-64(68)65-16-8-12-20-69(65)74/h5-45H,1-4H3. The van der Waals surface area contributed by atoms with Crippen molar-refractivity contribution in [2.45, 2.75) is 27.7 Å². The van der Waals surface area contributed by atoms with Crippen LogP contribution in [0.4, 0.5) is 34.1 Å². The topological polar surface area (TPSA) is 29.2 Å². The summed E-state index contributed by atoms with van der Waals surface area (Å²) in [6, 6.07) is 86.7. The molecule has 0 saturated carbocycles. The van der Waals surface area contributed by atoms with Crippen molar-refractivity contribution >= 4 is 77.7 Å². The second-order valence-corrected chi connectivity index (χ2v) is 19.7. The quantitative estimate of drug-likeness (QED) is 0.137. The number of benzene rings is 10. The first-order valence-corrected chi connectivity index (χ1v) is 25.4. The molecule has 0 atom stereocenters. The van der Waals surface area contributed by atoms with Crippen LogP contribution >= 0.6 is 0 Å². The first kappa shape index (κ1) is 44.5. The Morgan fingerprint density at radius 1 is 0.270 bits per heavy atom. The first-order valence-electron chi connectivity index (χ1n) is 25.4. The number of pyridine rings is 1. The SMILES string of the molecule is Cc1ccc(N(c2ccc(C)cc2)c2cc(-c3cncc(-c4cc(-n5c6ccccc6c6ccccc65)cc(-n5c6ccccc6c6ccccc65)c4)c3)cc(N(c3ccc(C)cc3)c3ccc(C)cc3)c2)cc1. The van der Waals surface area contributed by atoms with Gasteiger partial charge in [-0.1, -0.05) is 144 Å². The van der Waals surface area contributed by atoms with Gasteiger partial charge in [-0.25, -0.2) is 0 Å². The lowest BCUT2D eigenvalue weighted by Crippen LogP contribution is -2.14. The average molecular weight is 952 g/mol. The van der Waals surface area contributed by atoms with Gasteiger partial charge in [-0.15, -0.1) is 0 Å². The van der Waals surface area contributed by atoms with Crippen LogP contribution in [0, 0.1) is 27.7 Å². The van der Waals surface area contributed by atoms with Crippen molar-refractivity contribution in [1.29, 1.82) is 0 Å². The molecule has 0 aliphatic rings. The molecule has 3 aromatic heterocycles. The molecule has 0 N–H and O–H groups in total. The molecule has 5 nitrogen and oxygen atoms in total. The van der Waals surface area contributed by atoms with E-state index in [0.717, 1.165) is 89.8 Å². The van der Waals surface area contributed by atoms with Crippen LogP contribution in [0.1, 0.15) is 22.3 Å². The Morgan fingerprint density at radius 2 is 0.568 bits per heavy atom. The molecule has 0 aliphatic carbocycles. The third kappa shape index (κ3) is 7.96. The van der Waals surface area contributed by atoms with Gasteiger partial charge in [-0.3, -0.25) is 4.98 Å². The first-order chi connectivity index (χ1) is 36.3. The number of aryl methyl sites for hydroxylation is 4. The second kappa shape index (κ2) is 18.3. The fraction of sp³-hybridized carbons (Fsp3) is 0.0580. The van der Waals surface area contributed by atoms with Gasteiger partial charge in [0.15, 0.2) is 0 Å². The summed E-state index contributed by atoms with van der Waals surface area (Å²) >= 11 is 0. The van der Waals surface area contributed by atoms with E-state index in [2.05, 4.69) is 283 Å². The van der Waals surface area contributed by atoms with Crippen LogP contribution in [-0.4, -0.2) is 14.1 Å². The summed E-state index contributed by atoms with van der Waals surface area (Å²) in [5, 5.41) is 4.90. The van der Waals surface area contributed by atoms with Gasteiger partial charge in [-0.2, -0.15) is 0 Å². The summed E-state index contributed by atoms with van der Waals surface area (Å²) in [4.78, 5) is 9.85. The molecule has 0 radical (unpaired) electrons. The van der Waals surface area contributed by atoms with Crippen LogP contribution < -0.4 is 9.80 Å². The lowest BCUT2D eigenvalue weighted by Gasteiger charge is -2.30. The highest BCUT2D eigenvalue weighted by Crippen LogP contribution is 2.45. The molecule has 3 heterocycles. The molecule has 0 aliphatic heterocycles. The Balaban J connectivity index is 1.05. The zero-order chi connectivity index (χ0) is 49.9. The zero-order valence-electron chi connectivity index (χ0n) is 41.9. The van der Waals surface area contributed by atoms with E-state index < -0.39 is 0 Å². The number of hydrogen-bond donors (Lipinski definition) is 0. The predicted molar refractivity (Wildman–Crippen MR) is 312 cm³/mol. The Kier molecular flexibility index (Phi) is 11.0. The van der Waals surface area contributed by atoms with Crippen LogP contribution in [0.25, 0.3) is 77.2 Å². The Hall–Kier alpha value is -9.45. The molecule has 354 valence electrons.